The van der Waals surface area contributed by atoms with Crippen LogP contribution in [0, 0.1) is 16.0 Å². The summed E-state index contributed by atoms with van der Waals surface area (Å²) in [5.41, 5.74) is 1.70. The molecule has 0 aliphatic heterocycles. The molecule has 0 bridgehead atoms. The highest BCUT2D eigenvalue weighted by atomic mass is 16.6. The van der Waals surface area contributed by atoms with Gasteiger partial charge in [0.25, 0.3) is 5.69 Å². The first-order chi connectivity index (χ1) is 12.5. The van der Waals surface area contributed by atoms with Crippen LogP contribution < -0.4 is 10.6 Å². The lowest BCUT2D eigenvalue weighted by Crippen LogP contribution is -2.14. The summed E-state index contributed by atoms with van der Waals surface area (Å²) in [6, 6.07) is 12.9. The Morgan fingerprint density at radius 2 is 1.73 bits per heavy atom. The lowest BCUT2D eigenvalue weighted by Gasteiger charge is -2.07. The molecule has 0 heterocycles. The third-order valence-electron chi connectivity index (χ3n) is 3.85. The maximum atomic E-state index is 12.0. The average molecular weight is 351 g/mol. The Labute approximate surface area is 149 Å². The highest BCUT2D eigenvalue weighted by molar-refractivity contribution is 6.02. The number of benzene rings is 2. The first-order valence-corrected chi connectivity index (χ1v) is 8.16. The summed E-state index contributed by atoms with van der Waals surface area (Å²) < 4.78 is 0. The van der Waals surface area contributed by atoms with Gasteiger partial charge in [-0.05, 0) is 42.7 Å². The quantitative estimate of drug-likeness (QED) is 0.472. The summed E-state index contributed by atoms with van der Waals surface area (Å²) in [4.78, 5) is 34.1. The van der Waals surface area contributed by atoms with Gasteiger partial charge in [-0.25, -0.2) is 0 Å². The maximum absolute atomic E-state index is 12.0. The van der Waals surface area contributed by atoms with Gasteiger partial charge in [-0.1, -0.05) is 18.2 Å². The monoisotopic (exact) mass is 351 g/mol. The van der Waals surface area contributed by atoms with E-state index in [9.17, 15) is 19.7 Å². The van der Waals surface area contributed by atoms with Gasteiger partial charge in [0.15, 0.2) is 0 Å². The van der Waals surface area contributed by atoms with E-state index in [-0.39, 0.29) is 23.4 Å². The molecule has 7 heteroatoms. The lowest BCUT2D eigenvalue weighted by molar-refractivity contribution is -0.384. The molecule has 1 saturated carbocycles. The second-order valence-electron chi connectivity index (χ2n) is 6.02. The third kappa shape index (κ3) is 4.76. The van der Waals surface area contributed by atoms with Gasteiger partial charge in [-0.2, -0.15) is 0 Å². The van der Waals surface area contributed by atoms with E-state index in [1.54, 1.807) is 36.4 Å². The summed E-state index contributed by atoms with van der Waals surface area (Å²) in [5, 5.41) is 16.3. The molecule has 7 nitrogen and oxygen atoms in total. The standard InChI is InChI=1S/C19H17N3O4/c23-18(10-7-13-3-1-6-17(11-13)22(25)26)20-15-4-2-5-16(12-15)21-19(24)14-8-9-14/h1-7,10-12,14H,8-9H2,(H,20,23)(H,21,24). The highest BCUT2D eigenvalue weighted by Gasteiger charge is 2.29. The van der Waals surface area contributed by atoms with Crippen molar-refractivity contribution in [3.63, 3.8) is 0 Å². The number of carbonyl (C=O) groups is 2. The normalized spacial score (nSPS) is 13.4. The molecule has 2 aromatic rings. The minimum Gasteiger partial charge on any atom is -0.326 e. The molecular formula is C19H17N3O4. The minimum absolute atomic E-state index is 0.000885. The molecule has 2 N–H and O–H groups in total. The van der Waals surface area contributed by atoms with Crippen LogP contribution in [0.15, 0.2) is 54.6 Å². The fourth-order valence-electron chi connectivity index (χ4n) is 2.36. The third-order valence-corrected chi connectivity index (χ3v) is 3.85. The fraction of sp³-hybridized carbons (Fsp3) is 0.158. The van der Waals surface area contributed by atoms with Gasteiger partial charge in [0.2, 0.25) is 11.8 Å². The molecule has 1 fully saturated rings. The molecule has 1 aliphatic carbocycles. The zero-order chi connectivity index (χ0) is 18.5. The second kappa shape index (κ2) is 7.60. The first kappa shape index (κ1) is 17.3. The molecule has 0 radical (unpaired) electrons. The van der Waals surface area contributed by atoms with Gasteiger partial charge in [0, 0.05) is 35.5 Å². The Morgan fingerprint density at radius 3 is 2.42 bits per heavy atom. The van der Waals surface area contributed by atoms with Gasteiger partial charge < -0.3 is 10.6 Å². The number of hydrogen-bond acceptors (Lipinski definition) is 4. The first-order valence-electron chi connectivity index (χ1n) is 8.16. The molecule has 3 rings (SSSR count). The topological polar surface area (TPSA) is 101 Å². The molecule has 1 aliphatic rings. The van der Waals surface area contributed by atoms with Crippen LogP contribution in [0.3, 0.4) is 0 Å². The number of anilines is 2. The molecule has 0 aromatic heterocycles. The minimum atomic E-state index is -0.487. The van der Waals surface area contributed by atoms with E-state index in [4.69, 9.17) is 0 Å². The molecule has 26 heavy (non-hydrogen) atoms. The van der Waals surface area contributed by atoms with Crippen LogP contribution in [0.25, 0.3) is 6.08 Å². The number of nitrogens with zero attached hydrogens (tertiary/aromatic N) is 1. The molecular weight excluding hydrogens is 334 g/mol. The maximum Gasteiger partial charge on any atom is 0.270 e. The predicted octanol–water partition coefficient (Wildman–Crippen LogP) is 3.60. The SMILES string of the molecule is O=C(C=Cc1cccc([N+](=O)[O-])c1)Nc1cccc(NC(=O)C2CC2)c1. The second-order valence-corrected chi connectivity index (χ2v) is 6.02. The molecule has 0 saturated heterocycles. The zero-order valence-corrected chi connectivity index (χ0v) is 13.8. The van der Waals surface area contributed by atoms with Crippen LogP contribution in [0.4, 0.5) is 17.1 Å². The van der Waals surface area contributed by atoms with Crippen LogP contribution in [0.2, 0.25) is 0 Å². The van der Waals surface area contributed by atoms with E-state index in [2.05, 4.69) is 10.6 Å². The summed E-state index contributed by atoms with van der Waals surface area (Å²) in [6.07, 6.45) is 4.64. The van der Waals surface area contributed by atoms with Crippen molar-refractivity contribution in [1.29, 1.82) is 0 Å². The van der Waals surface area contributed by atoms with E-state index >= 15 is 0 Å². The summed E-state index contributed by atoms with van der Waals surface area (Å²) in [6.45, 7) is 0. The van der Waals surface area contributed by atoms with Crippen molar-refractivity contribution in [3.8, 4) is 0 Å². The van der Waals surface area contributed by atoms with Crippen molar-refractivity contribution in [2.75, 3.05) is 10.6 Å². The van der Waals surface area contributed by atoms with E-state index in [0.29, 0.717) is 16.9 Å². The number of nitrogens with one attached hydrogen (secondary N) is 2. The van der Waals surface area contributed by atoms with Crippen LogP contribution in [0.1, 0.15) is 18.4 Å². The molecule has 0 unspecified atom stereocenters. The van der Waals surface area contributed by atoms with Crippen molar-refractivity contribution in [2.24, 2.45) is 5.92 Å². The van der Waals surface area contributed by atoms with E-state index < -0.39 is 4.92 Å². The van der Waals surface area contributed by atoms with E-state index in [1.165, 1.54) is 24.3 Å². The van der Waals surface area contributed by atoms with E-state index in [1.807, 2.05) is 0 Å². The fourth-order valence-corrected chi connectivity index (χ4v) is 2.36. The van der Waals surface area contributed by atoms with Crippen LogP contribution >= 0.6 is 0 Å². The van der Waals surface area contributed by atoms with Crippen molar-refractivity contribution < 1.29 is 14.5 Å². The van der Waals surface area contributed by atoms with Gasteiger partial charge >= 0.3 is 0 Å². The Bertz CT molecular complexity index is 888. The van der Waals surface area contributed by atoms with Crippen LogP contribution in [0.5, 0.6) is 0 Å². The number of nitro groups is 1. The molecule has 2 amide bonds. The number of non-ortho nitro benzene ring substituents is 1. The average Bonchev–Trinajstić information content (AvgIpc) is 3.46. The van der Waals surface area contributed by atoms with Crippen molar-refractivity contribution >= 4 is 35.0 Å². The predicted molar refractivity (Wildman–Crippen MR) is 98.6 cm³/mol. The van der Waals surface area contributed by atoms with Gasteiger partial charge in [0.1, 0.15) is 0 Å². The van der Waals surface area contributed by atoms with Crippen molar-refractivity contribution in [3.05, 3.63) is 70.3 Å². The number of nitro benzene ring substituents is 1. The smallest absolute Gasteiger partial charge is 0.270 e. The lowest BCUT2D eigenvalue weighted by atomic mass is 10.2. The zero-order valence-electron chi connectivity index (χ0n) is 13.8. The summed E-state index contributed by atoms with van der Waals surface area (Å²) in [7, 11) is 0. The Kier molecular flexibility index (Phi) is 5.07. The number of rotatable bonds is 6. The molecule has 0 spiro atoms. The Morgan fingerprint density at radius 1 is 1.04 bits per heavy atom. The van der Waals surface area contributed by atoms with Crippen LogP contribution in [-0.4, -0.2) is 16.7 Å². The molecule has 132 valence electrons. The number of hydrogen-bond donors (Lipinski definition) is 2. The summed E-state index contributed by atoms with van der Waals surface area (Å²) >= 11 is 0. The largest absolute Gasteiger partial charge is 0.326 e. The van der Waals surface area contributed by atoms with Crippen molar-refractivity contribution in [1.82, 2.24) is 0 Å². The van der Waals surface area contributed by atoms with Gasteiger partial charge in [-0.3, -0.25) is 19.7 Å². The molecule has 0 atom stereocenters. The highest BCUT2D eigenvalue weighted by Crippen LogP contribution is 2.30. The number of carbonyl (C=O) groups excluding carboxylic acids is 2. The van der Waals surface area contributed by atoms with Gasteiger partial charge in [-0.15, -0.1) is 0 Å². The summed E-state index contributed by atoms with van der Waals surface area (Å²) in [5.74, 6) is -0.271. The Hall–Kier alpha value is -3.48. The number of amides is 2. The molecule has 2 aromatic carbocycles. The van der Waals surface area contributed by atoms with Crippen molar-refractivity contribution in [2.45, 2.75) is 12.8 Å². The van der Waals surface area contributed by atoms with Gasteiger partial charge in [0.05, 0.1) is 4.92 Å². The van der Waals surface area contributed by atoms with Crippen LogP contribution in [-0.2, 0) is 9.59 Å². The Balaban J connectivity index is 1.61. The van der Waals surface area contributed by atoms with E-state index in [0.717, 1.165) is 12.8 Å².